The molecule has 3 aromatic rings. The van der Waals surface area contributed by atoms with Crippen LogP contribution >= 0.6 is 0 Å². The number of benzene rings is 3. The van der Waals surface area contributed by atoms with E-state index in [1.54, 1.807) is 0 Å². The number of ether oxygens (including phenoxy) is 1. The molecular weight excluding hydrogens is 530 g/mol. The van der Waals surface area contributed by atoms with Gasteiger partial charge in [-0.1, -0.05) is 72.8 Å². The molecule has 2 amide bonds. The maximum atomic E-state index is 13.1. The minimum absolute atomic E-state index is 0.00317. The van der Waals surface area contributed by atoms with E-state index >= 15 is 0 Å². The lowest BCUT2D eigenvalue weighted by Crippen LogP contribution is -2.37. The van der Waals surface area contributed by atoms with E-state index in [0.29, 0.717) is 45.6 Å². The number of fused-ring (bicyclic) bond motifs is 1. The van der Waals surface area contributed by atoms with E-state index in [4.69, 9.17) is 4.74 Å². The first-order chi connectivity index (χ1) is 20.5. The van der Waals surface area contributed by atoms with Gasteiger partial charge in [0.15, 0.2) is 0 Å². The van der Waals surface area contributed by atoms with Crippen molar-refractivity contribution in [2.24, 2.45) is 0 Å². The third-order valence-electron chi connectivity index (χ3n) is 7.36. The summed E-state index contributed by atoms with van der Waals surface area (Å²) in [5.41, 5.74) is 4.12. The molecule has 42 heavy (non-hydrogen) atoms. The highest BCUT2D eigenvalue weighted by Gasteiger charge is 2.19. The van der Waals surface area contributed by atoms with Crippen LogP contribution in [-0.4, -0.2) is 65.5 Å². The topological polar surface area (TPSA) is 99.2 Å². The first-order valence-electron chi connectivity index (χ1n) is 14.8. The van der Waals surface area contributed by atoms with Gasteiger partial charge in [-0.3, -0.25) is 19.3 Å². The molecule has 0 saturated carbocycles. The normalized spacial score (nSPS) is 14.7. The lowest BCUT2D eigenvalue weighted by Gasteiger charge is -2.24. The lowest BCUT2D eigenvalue weighted by molar-refractivity contribution is -0.144. The second kappa shape index (κ2) is 16.3. The van der Waals surface area contributed by atoms with Crippen molar-refractivity contribution in [2.75, 3.05) is 32.8 Å². The Kier molecular flexibility index (Phi) is 12.0. The number of aliphatic carboxylic acids is 1. The standard InChI is InChI=1S/C34H41N3O5/c38-32-25-36(23-29-12-6-2-7-13-29)24-30-22-28(14-16-31(30)42-21-9-3-8-19-35-32)15-17-33(39)37(26-34(40)41)20-18-27-10-4-1-5-11-27/h1-2,4-7,10-14,16,22H,3,8-9,15,17-21,23-26H2,(H,35,38)(H,40,41). The van der Waals surface area contributed by atoms with Crippen LogP contribution in [0.4, 0.5) is 0 Å². The molecule has 1 aliphatic heterocycles. The van der Waals surface area contributed by atoms with Gasteiger partial charge in [0.2, 0.25) is 11.8 Å². The molecule has 4 rings (SSSR count). The van der Waals surface area contributed by atoms with E-state index in [2.05, 4.69) is 28.4 Å². The highest BCUT2D eigenvalue weighted by atomic mass is 16.5. The molecule has 2 N–H and O–H groups in total. The fourth-order valence-corrected chi connectivity index (χ4v) is 5.15. The number of hydrogen-bond acceptors (Lipinski definition) is 5. The van der Waals surface area contributed by atoms with E-state index < -0.39 is 5.97 Å². The zero-order valence-corrected chi connectivity index (χ0v) is 24.2. The van der Waals surface area contributed by atoms with E-state index in [1.165, 1.54) is 4.90 Å². The summed E-state index contributed by atoms with van der Waals surface area (Å²) in [6.07, 6.45) is 4.08. The Balaban J connectivity index is 1.47. The predicted octanol–water partition coefficient (Wildman–Crippen LogP) is 4.46. The van der Waals surface area contributed by atoms with E-state index in [-0.39, 0.29) is 31.3 Å². The van der Waals surface area contributed by atoms with Crippen LogP contribution in [0, 0.1) is 0 Å². The second-order valence-corrected chi connectivity index (χ2v) is 10.8. The average molecular weight is 572 g/mol. The number of rotatable bonds is 10. The number of hydrogen-bond donors (Lipinski definition) is 2. The summed E-state index contributed by atoms with van der Waals surface area (Å²) >= 11 is 0. The Hall–Kier alpha value is -4.17. The van der Waals surface area contributed by atoms with Crippen LogP contribution in [-0.2, 0) is 40.3 Å². The van der Waals surface area contributed by atoms with Crippen molar-refractivity contribution < 1.29 is 24.2 Å². The molecule has 0 spiro atoms. The molecule has 0 unspecified atom stereocenters. The molecular formula is C34H41N3O5. The number of carbonyl (C=O) groups is 3. The van der Waals surface area contributed by atoms with Crippen molar-refractivity contribution in [3.05, 3.63) is 101 Å². The maximum Gasteiger partial charge on any atom is 0.323 e. The Bertz CT molecular complexity index is 1300. The van der Waals surface area contributed by atoms with E-state index in [9.17, 15) is 19.5 Å². The number of carbonyl (C=O) groups excluding carboxylic acids is 2. The molecule has 1 heterocycles. The summed E-state index contributed by atoms with van der Waals surface area (Å²) in [5, 5.41) is 12.4. The van der Waals surface area contributed by atoms with Gasteiger partial charge >= 0.3 is 5.97 Å². The number of nitrogens with one attached hydrogen (secondary N) is 1. The first-order valence-corrected chi connectivity index (χ1v) is 14.8. The smallest absolute Gasteiger partial charge is 0.323 e. The third-order valence-corrected chi connectivity index (χ3v) is 7.36. The third kappa shape index (κ3) is 10.3. The highest BCUT2D eigenvalue weighted by molar-refractivity contribution is 5.81. The molecule has 0 radical (unpaired) electrons. The molecule has 0 atom stereocenters. The van der Waals surface area contributed by atoms with Crippen LogP contribution in [0.25, 0.3) is 0 Å². The minimum atomic E-state index is -1.02. The summed E-state index contributed by atoms with van der Waals surface area (Å²) in [5.74, 6) is -0.413. The molecule has 0 aliphatic carbocycles. The van der Waals surface area contributed by atoms with Crippen LogP contribution in [0.3, 0.4) is 0 Å². The molecule has 0 saturated heterocycles. The highest BCUT2D eigenvalue weighted by Crippen LogP contribution is 2.25. The van der Waals surface area contributed by atoms with Gasteiger partial charge in [-0.2, -0.15) is 0 Å². The summed E-state index contributed by atoms with van der Waals surface area (Å²) in [7, 11) is 0. The SMILES string of the molecule is O=C(O)CN(CCc1ccccc1)C(=O)CCc1ccc2c(c1)CN(Cc1ccccc1)CC(=O)NCCCCCO2. The van der Waals surface area contributed by atoms with Gasteiger partial charge in [-0.15, -0.1) is 0 Å². The van der Waals surface area contributed by atoms with Gasteiger partial charge in [0.1, 0.15) is 12.3 Å². The predicted molar refractivity (Wildman–Crippen MR) is 162 cm³/mol. The van der Waals surface area contributed by atoms with Gasteiger partial charge < -0.3 is 20.1 Å². The zero-order valence-electron chi connectivity index (χ0n) is 24.2. The van der Waals surface area contributed by atoms with Gasteiger partial charge in [0.05, 0.1) is 13.2 Å². The Morgan fingerprint density at radius 1 is 0.857 bits per heavy atom. The Morgan fingerprint density at radius 3 is 2.33 bits per heavy atom. The van der Waals surface area contributed by atoms with E-state index in [0.717, 1.165) is 47.3 Å². The largest absolute Gasteiger partial charge is 0.493 e. The van der Waals surface area contributed by atoms with Crippen LogP contribution in [0.5, 0.6) is 5.75 Å². The van der Waals surface area contributed by atoms with Crippen molar-refractivity contribution in [2.45, 2.75) is 51.6 Å². The average Bonchev–Trinajstić information content (AvgIpc) is 3.00. The fourth-order valence-electron chi connectivity index (χ4n) is 5.15. The number of amides is 2. The summed E-state index contributed by atoms with van der Waals surface area (Å²) < 4.78 is 6.19. The van der Waals surface area contributed by atoms with Gasteiger partial charge in [0.25, 0.3) is 0 Å². The quantitative estimate of drug-likeness (QED) is 0.373. The van der Waals surface area contributed by atoms with Gasteiger partial charge in [-0.05, 0) is 54.9 Å². The number of aryl methyl sites for hydroxylation is 1. The van der Waals surface area contributed by atoms with Crippen molar-refractivity contribution in [1.29, 1.82) is 0 Å². The lowest BCUT2D eigenvalue weighted by atomic mass is 10.0. The summed E-state index contributed by atoms with van der Waals surface area (Å²) in [6.45, 7) is 2.69. The molecule has 1 aliphatic rings. The van der Waals surface area contributed by atoms with Crippen LogP contribution in [0.15, 0.2) is 78.9 Å². The number of nitrogens with zero attached hydrogens (tertiary/aromatic N) is 2. The molecule has 8 heteroatoms. The second-order valence-electron chi connectivity index (χ2n) is 10.8. The van der Waals surface area contributed by atoms with Crippen LogP contribution in [0.1, 0.15) is 47.9 Å². The monoisotopic (exact) mass is 571 g/mol. The number of carboxylic acids is 1. The van der Waals surface area contributed by atoms with Crippen molar-refractivity contribution >= 4 is 17.8 Å². The Morgan fingerprint density at radius 2 is 1.60 bits per heavy atom. The van der Waals surface area contributed by atoms with Crippen LogP contribution < -0.4 is 10.1 Å². The fraction of sp³-hybridized carbons (Fsp3) is 0.382. The zero-order chi connectivity index (χ0) is 29.6. The first kappa shape index (κ1) is 30.8. The molecule has 0 bridgehead atoms. The van der Waals surface area contributed by atoms with Gasteiger partial charge in [-0.25, -0.2) is 0 Å². The Labute approximate surface area is 248 Å². The molecule has 0 fully saturated rings. The van der Waals surface area contributed by atoms with Crippen molar-refractivity contribution in [3.8, 4) is 5.75 Å². The van der Waals surface area contributed by atoms with Crippen molar-refractivity contribution in [3.63, 3.8) is 0 Å². The van der Waals surface area contributed by atoms with Crippen LogP contribution in [0.2, 0.25) is 0 Å². The molecule has 222 valence electrons. The van der Waals surface area contributed by atoms with Gasteiger partial charge in [0, 0.05) is 38.2 Å². The summed E-state index contributed by atoms with van der Waals surface area (Å²) in [6, 6.07) is 25.8. The maximum absolute atomic E-state index is 13.1. The van der Waals surface area contributed by atoms with E-state index in [1.807, 2.05) is 60.7 Å². The molecule has 8 nitrogen and oxygen atoms in total. The van der Waals surface area contributed by atoms with Crippen molar-refractivity contribution in [1.82, 2.24) is 15.1 Å². The molecule has 0 aromatic heterocycles. The minimum Gasteiger partial charge on any atom is -0.493 e. The summed E-state index contributed by atoms with van der Waals surface area (Å²) in [4.78, 5) is 40.9. The number of carboxylic acid groups (broad SMARTS) is 1. The molecule has 3 aromatic carbocycles.